The molecule has 0 aliphatic heterocycles. The molecular weight excluding hydrogens is 254 g/mol. The summed E-state index contributed by atoms with van der Waals surface area (Å²) in [6.07, 6.45) is 3.56. The molecule has 0 amide bonds. The van der Waals surface area contributed by atoms with Crippen LogP contribution in [0.2, 0.25) is 0 Å². The number of carbonyl (C=O) groups excluding carboxylic acids is 1. The number of hydrogen-bond acceptors (Lipinski definition) is 5. The summed E-state index contributed by atoms with van der Waals surface area (Å²) in [6, 6.07) is 5.28. The number of benzene rings is 1. The third kappa shape index (κ3) is 2.58. The number of para-hydroxylation sites is 1. The molecule has 1 saturated carbocycles. The monoisotopic (exact) mass is 277 g/mol. The van der Waals surface area contributed by atoms with Crippen LogP contribution >= 0.6 is 0 Å². The molecule has 5 nitrogen and oxygen atoms in total. The summed E-state index contributed by atoms with van der Waals surface area (Å²) in [5, 5.41) is 3.35. The molecule has 1 fully saturated rings. The molecule has 5 heteroatoms. The first-order valence-electron chi connectivity index (χ1n) is 6.88. The van der Waals surface area contributed by atoms with Crippen molar-refractivity contribution in [3.8, 4) is 0 Å². The fourth-order valence-electron chi connectivity index (χ4n) is 2.67. The number of carbonyl (C=O) groups is 1. The van der Waals surface area contributed by atoms with E-state index in [9.17, 15) is 4.79 Å². The van der Waals surface area contributed by atoms with E-state index in [1.165, 1.54) is 13.5 Å². The van der Waals surface area contributed by atoms with Crippen LogP contribution in [-0.4, -0.2) is 44.2 Å². The molecule has 0 bridgehead atoms. The molecule has 3 N–H and O–H groups in total. The van der Waals surface area contributed by atoms with Gasteiger partial charge in [-0.25, -0.2) is 4.79 Å². The van der Waals surface area contributed by atoms with Gasteiger partial charge in [0.25, 0.3) is 0 Å². The first-order chi connectivity index (χ1) is 9.50. The SMILES string of the molecule is COC(=O)c1cccc(N)c1NCC1(N(C)C)CCC1. The van der Waals surface area contributed by atoms with Crippen molar-refractivity contribution >= 4 is 17.3 Å². The Hall–Kier alpha value is -1.75. The number of hydrogen-bond donors (Lipinski definition) is 2. The Bertz CT molecular complexity index is 496. The molecule has 20 heavy (non-hydrogen) atoms. The van der Waals surface area contributed by atoms with E-state index in [0.717, 1.165) is 19.4 Å². The average molecular weight is 277 g/mol. The van der Waals surface area contributed by atoms with E-state index in [0.29, 0.717) is 16.9 Å². The van der Waals surface area contributed by atoms with Gasteiger partial charge >= 0.3 is 5.97 Å². The van der Waals surface area contributed by atoms with Gasteiger partial charge in [0, 0.05) is 12.1 Å². The summed E-state index contributed by atoms with van der Waals surface area (Å²) in [7, 11) is 5.56. The van der Waals surface area contributed by atoms with E-state index in [4.69, 9.17) is 10.5 Å². The minimum Gasteiger partial charge on any atom is -0.465 e. The summed E-state index contributed by atoms with van der Waals surface area (Å²) in [6.45, 7) is 0.776. The van der Waals surface area contributed by atoms with E-state index in [2.05, 4.69) is 24.3 Å². The van der Waals surface area contributed by atoms with Gasteiger partial charge in [0.15, 0.2) is 0 Å². The third-order valence-electron chi connectivity index (χ3n) is 4.33. The fraction of sp³-hybridized carbons (Fsp3) is 0.533. The molecular formula is C15H23N3O2. The number of nitrogens with two attached hydrogens (primary N) is 1. The number of methoxy groups -OCH3 is 1. The van der Waals surface area contributed by atoms with E-state index < -0.39 is 0 Å². The zero-order chi connectivity index (χ0) is 14.8. The Morgan fingerprint density at radius 2 is 2.15 bits per heavy atom. The molecule has 0 radical (unpaired) electrons. The highest BCUT2D eigenvalue weighted by Crippen LogP contribution is 2.37. The zero-order valence-corrected chi connectivity index (χ0v) is 12.4. The Morgan fingerprint density at radius 1 is 1.45 bits per heavy atom. The number of ether oxygens (including phenoxy) is 1. The molecule has 0 atom stereocenters. The number of nitrogens with one attached hydrogen (secondary N) is 1. The number of nitrogens with zero attached hydrogens (tertiary/aromatic N) is 1. The lowest BCUT2D eigenvalue weighted by Crippen LogP contribution is -2.54. The van der Waals surface area contributed by atoms with Crippen LogP contribution in [0.15, 0.2) is 18.2 Å². The maximum Gasteiger partial charge on any atom is 0.340 e. The molecule has 2 rings (SSSR count). The molecule has 110 valence electrons. The Labute approximate surface area is 120 Å². The molecule has 0 spiro atoms. The number of anilines is 2. The second kappa shape index (κ2) is 5.71. The Morgan fingerprint density at radius 3 is 2.65 bits per heavy atom. The van der Waals surface area contributed by atoms with Crippen LogP contribution in [0, 0.1) is 0 Å². The van der Waals surface area contributed by atoms with Crippen molar-refractivity contribution < 1.29 is 9.53 Å². The minimum absolute atomic E-state index is 0.162. The second-order valence-electron chi connectivity index (χ2n) is 5.59. The molecule has 1 aromatic rings. The smallest absolute Gasteiger partial charge is 0.340 e. The van der Waals surface area contributed by atoms with E-state index in [-0.39, 0.29) is 11.5 Å². The van der Waals surface area contributed by atoms with Crippen LogP contribution in [-0.2, 0) is 4.74 Å². The van der Waals surface area contributed by atoms with Crippen molar-refractivity contribution in [1.82, 2.24) is 4.90 Å². The van der Waals surface area contributed by atoms with Crippen molar-refractivity contribution in [2.24, 2.45) is 0 Å². The zero-order valence-electron chi connectivity index (χ0n) is 12.4. The van der Waals surface area contributed by atoms with E-state index >= 15 is 0 Å². The molecule has 0 saturated heterocycles. The molecule has 1 aromatic carbocycles. The van der Waals surface area contributed by atoms with Crippen LogP contribution in [0.3, 0.4) is 0 Å². The maximum atomic E-state index is 11.8. The highest BCUT2D eigenvalue weighted by atomic mass is 16.5. The van der Waals surface area contributed by atoms with Crippen molar-refractivity contribution in [3.63, 3.8) is 0 Å². The largest absolute Gasteiger partial charge is 0.465 e. The van der Waals surface area contributed by atoms with Gasteiger partial charge in [-0.05, 0) is 45.5 Å². The van der Waals surface area contributed by atoms with Crippen LogP contribution in [0.1, 0.15) is 29.6 Å². The molecule has 0 heterocycles. The van der Waals surface area contributed by atoms with Gasteiger partial charge in [-0.1, -0.05) is 6.07 Å². The van der Waals surface area contributed by atoms with Crippen molar-refractivity contribution in [2.45, 2.75) is 24.8 Å². The van der Waals surface area contributed by atoms with E-state index in [1.54, 1.807) is 18.2 Å². The lowest BCUT2D eigenvalue weighted by atomic mass is 9.75. The quantitative estimate of drug-likeness (QED) is 0.636. The van der Waals surface area contributed by atoms with Crippen molar-refractivity contribution in [3.05, 3.63) is 23.8 Å². The van der Waals surface area contributed by atoms with Gasteiger partial charge < -0.3 is 20.7 Å². The normalized spacial score (nSPS) is 16.6. The molecule has 1 aliphatic carbocycles. The summed E-state index contributed by atoms with van der Waals surface area (Å²) >= 11 is 0. The number of esters is 1. The lowest BCUT2D eigenvalue weighted by molar-refractivity contribution is 0.0600. The van der Waals surface area contributed by atoms with Gasteiger partial charge in [-0.3, -0.25) is 0 Å². The topological polar surface area (TPSA) is 67.6 Å². The van der Waals surface area contributed by atoms with Gasteiger partial charge in [-0.15, -0.1) is 0 Å². The average Bonchev–Trinajstić information content (AvgIpc) is 2.37. The van der Waals surface area contributed by atoms with Gasteiger partial charge in [0.05, 0.1) is 24.0 Å². The van der Waals surface area contributed by atoms with Crippen molar-refractivity contribution in [1.29, 1.82) is 0 Å². The molecule has 0 aromatic heterocycles. The highest BCUT2D eigenvalue weighted by molar-refractivity contribution is 5.98. The highest BCUT2D eigenvalue weighted by Gasteiger charge is 2.39. The van der Waals surface area contributed by atoms with Crippen LogP contribution < -0.4 is 11.1 Å². The van der Waals surface area contributed by atoms with Gasteiger partial charge in [-0.2, -0.15) is 0 Å². The van der Waals surface area contributed by atoms with Crippen molar-refractivity contribution in [2.75, 3.05) is 38.8 Å². The Balaban J connectivity index is 2.19. The van der Waals surface area contributed by atoms with Crippen LogP contribution in [0.25, 0.3) is 0 Å². The predicted molar refractivity (Wildman–Crippen MR) is 81.0 cm³/mol. The Kier molecular flexibility index (Phi) is 4.18. The fourth-order valence-corrected chi connectivity index (χ4v) is 2.67. The van der Waals surface area contributed by atoms with Crippen LogP contribution in [0.4, 0.5) is 11.4 Å². The summed E-state index contributed by atoms with van der Waals surface area (Å²) in [4.78, 5) is 14.1. The number of likely N-dealkylation sites (N-methyl/N-ethyl adjacent to an activating group) is 1. The molecule has 1 aliphatic rings. The molecule has 0 unspecified atom stereocenters. The first-order valence-corrected chi connectivity index (χ1v) is 6.88. The lowest BCUT2D eigenvalue weighted by Gasteiger charge is -2.47. The van der Waals surface area contributed by atoms with Crippen LogP contribution in [0.5, 0.6) is 0 Å². The van der Waals surface area contributed by atoms with Gasteiger partial charge in [0.1, 0.15) is 0 Å². The van der Waals surface area contributed by atoms with Gasteiger partial charge in [0.2, 0.25) is 0 Å². The minimum atomic E-state index is -0.368. The third-order valence-corrected chi connectivity index (χ3v) is 4.33. The predicted octanol–water partition coefficient (Wildman–Crippen LogP) is 1.95. The summed E-state index contributed by atoms with van der Waals surface area (Å²) in [5.74, 6) is -0.368. The number of nitrogen functional groups attached to an aromatic ring is 1. The second-order valence-corrected chi connectivity index (χ2v) is 5.59. The number of rotatable bonds is 5. The summed E-state index contributed by atoms with van der Waals surface area (Å²) < 4.78 is 4.81. The van der Waals surface area contributed by atoms with E-state index in [1.807, 2.05) is 0 Å². The first kappa shape index (κ1) is 14.7. The standard InChI is InChI=1S/C15H23N3O2/c1-18(2)15(8-5-9-15)10-17-13-11(14(19)20-3)6-4-7-12(13)16/h4,6-7,17H,5,8-10,16H2,1-3H3. The summed E-state index contributed by atoms with van der Waals surface area (Å²) in [5.41, 5.74) is 7.89. The maximum absolute atomic E-state index is 11.8.